The van der Waals surface area contributed by atoms with Crippen molar-refractivity contribution in [1.82, 2.24) is 4.98 Å². The van der Waals surface area contributed by atoms with Gasteiger partial charge in [-0.05, 0) is 18.2 Å². The summed E-state index contributed by atoms with van der Waals surface area (Å²) in [4.78, 5) is 24.5. The van der Waals surface area contributed by atoms with Crippen LogP contribution >= 0.6 is 11.6 Å². The molecule has 0 unspecified atom stereocenters. The number of rotatable bonds is 1. The van der Waals surface area contributed by atoms with Gasteiger partial charge in [-0.1, -0.05) is 11.6 Å². The summed E-state index contributed by atoms with van der Waals surface area (Å²) in [6, 6.07) is 4.36. The Bertz CT molecular complexity index is 647. The highest BCUT2D eigenvalue weighted by Gasteiger charge is 2.17. The van der Waals surface area contributed by atoms with Crippen LogP contribution in [0.25, 0.3) is 10.9 Å². The number of nitrogens with one attached hydrogen (secondary N) is 1. The molecule has 0 bridgehead atoms. The number of aromatic hydroxyl groups is 1. The Morgan fingerprint density at radius 1 is 1.38 bits per heavy atom. The summed E-state index contributed by atoms with van der Waals surface area (Å²) in [5.74, 6) is -2.20. The quantitative estimate of drug-likeness (QED) is 0.705. The van der Waals surface area contributed by atoms with Crippen LogP contribution < -0.4 is 5.56 Å². The van der Waals surface area contributed by atoms with Crippen molar-refractivity contribution in [3.8, 4) is 5.75 Å². The first-order chi connectivity index (χ1) is 7.50. The third-order valence-electron chi connectivity index (χ3n) is 2.16. The monoisotopic (exact) mass is 239 g/mol. The lowest BCUT2D eigenvalue weighted by molar-refractivity contribution is 0.0695. The average molecular weight is 240 g/mol. The Kier molecular flexibility index (Phi) is 2.32. The van der Waals surface area contributed by atoms with Crippen LogP contribution in [0, 0.1) is 0 Å². The summed E-state index contributed by atoms with van der Waals surface area (Å²) >= 11 is 5.72. The van der Waals surface area contributed by atoms with Crippen LogP contribution in [0.2, 0.25) is 5.02 Å². The normalized spacial score (nSPS) is 10.6. The molecule has 5 nitrogen and oxygen atoms in total. The van der Waals surface area contributed by atoms with Crippen molar-refractivity contribution in [2.24, 2.45) is 0 Å². The van der Waals surface area contributed by atoms with E-state index in [9.17, 15) is 14.7 Å². The summed E-state index contributed by atoms with van der Waals surface area (Å²) in [5, 5.41) is 18.8. The molecule has 0 saturated heterocycles. The molecule has 82 valence electrons. The van der Waals surface area contributed by atoms with Crippen molar-refractivity contribution < 1.29 is 15.0 Å². The summed E-state index contributed by atoms with van der Waals surface area (Å²) in [5.41, 5.74) is -0.974. The van der Waals surface area contributed by atoms with Crippen molar-refractivity contribution in [2.45, 2.75) is 0 Å². The highest BCUT2D eigenvalue weighted by molar-refractivity contribution is 6.31. The van der Waals surface area contributed by atoms with Gasteiger partial charge in [0.1, 0.15) is 5.56 Å². The summed E-state index contributed by atoms with van der Waals surface area (Å²) in [6.45, 7) is 0. The second kappa shape index (κ2) is 3.53. The van der Waals surface area contributed by atoms with E-state index in [0.29, 0.717) is 10.5 Å². The Morgan fingerprint density at radius 3 is 2.69 bits per heavy atom. The number of aromatic nitrogens is 1. The maximum absolute atomic E-state index is 11.2. The van der Waals surface area contributed by atoms with Crippen molar-refractivity contribution in [3.05, 3.63) is 39.1 Å². The fraction of sp³-hybridized carbons (Fsp3) is 0. The van der Waals surface area contributed by atoms with Crippen LogP contribution in [0.1, 0.15) is 10.4 Å². The molecule has 0 amide bonds. The largest absolute Gasteiger partial charge is 0.502 e. The minimum Gasteiger partial charge on any atom is -0.502 e. The maximum Gasteiger partial charge on any atom is 0.340 e. The standard InChI is InChI=1S/C10H6ClNO4/c11-4-1-2-6-5(3-4)7(10(15)16)8(13)9(14)12-6/h1-3,13H,(H,12,14)(H,15,16). The number of H-pyrrole nitrogens is 1. The van der Waals surface area contributed by atoms with E-state index in [2.05, 4.69) is 4.98 Å². The molecule has 0 saturated carbocycles. The third kappa shape index (κ3) is 1.51. The van der Waals surface area contributed by atoms with Gasteiger partial charge in [0.2, 0.25) is 0 Å². The molecule has 0 atom stereocenters. The van der Waals surface area contributed by atoms with Gasteiger partial charge in [-0.25, -0.2) is 4.79 Å². The molecular weight excluding hydrogens is 234 g/mol. The van der Waals surface area contributed by atoms with Gasteiger partial charge in [-0.3, -0.25) is 4.79 Å². The van der Waals surface area contributed by atoms with Gasteiger partial charge < -0.3 is 15.2 Å². The molecule has 0 radical (unpaired) electrons. The minimum atomic E-state index is -1.38. The molecule has 16 heavy (non-hydrogen) atoms. The second-order valence-electron chi connectivity index (χ2n) is 3.17. The molecule has 3 N–H and O–H groups in total. The molecule has 2 rings (SSSR count). The fourth-order valence-electron chi connectivity index (χ4n) is 1.47. The fourth-order valence-corrected chi connectivity index (χ4v) is 1.64. The van der Waals surface area contributed by atoms with E-state index in [-0.39, 0.29) is 5.39 Å². The van der Waals surface area contributed by atoms with E-state index in [1.807, 2.05) is 0 Å². The molecule has 6 heteroatoms. The number of pyridine rings is 1. The molecule has 1 aromatic heterocycles. The van der Waals surface area contributed by atoms with Crippen LogP contribution in [0.4, 0.5) is 0 Å². The van der Waals surface area contributed by atoms with Crippen molar-refractivity contribution in [1.29, 1.82) is 0 Å². The number of carboxylic acids is 1. The number of benzene rings is 1. The third-order valence-corrected chi connectivity index (χ3v) is 2.40. The SMILES string of the molecule is O=C(O)c1c(O)c(=O)[nH]c2ccc(Cl)cc12. The van der Waals surface area contributed by atoms with E-state index in [0.717, 1.165) is 0 Å². The van der Waals surface area contributed by atoms with Crippen molar-refractivity contribution in [3.63, 3.8) is 0 Å². The molecule has 0 aliphatic carbocycles. The Balaban J connectivity index is 3.02. The van der Waals surface area contributed by atoms with Crippen LogP contribution in [0.15, 0.2) is 23.0 Å². The van der Waals surface area contributed by atoms with Gasteiger partial charge in [0.25, 0.3) is 5.56 Å². The molecule has 1 heterocycles. The van der Waals surface area contributed by atoms with Gasteiger partial charge in [0, 0.05) is 15.9 Å². The predicted molar refractivity (Wildman–Crippen MR) is 58.2 cm³/mol. The summed E-state index contributed by atoms with van der Waals surface area (Å²) < 4.78 is 0. The van der Waals surface area contributed by atoms with Gasteiger partial charge in [-0.15, -0.1) is 0 Å². The molecular formula is C10H6ClNO4. The Hall–Kier alpha value is -2.01. The van der Waals surface area contributed by atoms with E-state index >= 15 is 0 Å². The van der Waals surface area contributed by atoms with Crippen LogP contribution in [0.3, 0.4) is 0 Å². The summed E-state index contributed by atoms with van der Waals surface area (Å²) in [6.07, 6.45) is 0. The first-order valence-corrected chi connectivity index (χ1v) is 4.66. The molecule has 2 aromatic rings. The zero-order valence-electron chi connectivity index (χ0n) is 7.82. The molecule has 0 spiro atoms. The number of carboxylic acid groups (broad SMARTS) is 1. The Morgan fingerprint density at radius 2 is 2.06 bits per heavy atom. The number of halogens is 1. The smallest absolute Gasteiger partial charge is 0.340 e. The number of hydrogen-bond donors (Lipinski definition) is 3. The van der Waals surface area contributed by atoms with Gasteiger partial charge >= 0.3 is 5.97 Å². The lowest BCUT2D eigenvalue weighted by Crippen LogP contribution is -2.11. The topological polar surface area (TPSA) is 90.4 Å². The predicted octanol–water partition coefficient (Wildman–Crippen LogP) is 1.59. The van der Waals surface area contributed by atoms with Gasteiger partial charge in [-0.2, -0.15) is 0 Å². The van der Waals surface area contributed by atoms with Gasteiger partial charge in [0.05, 0.1) is 0 Å². The molecule has 1 aromatic carbocycles. The van der Waals surface area contributed by atoms with Crippen LogP contribution in [-0.4, -0.2) is 21.2 Å². The van der Waals surface area contributed by atoms with E-state index < -0.39 is 22.8 Å². The zero-order chi connectivity index (χ0) is 11.9. The van der Waals surface area contributed by atoms with Crippen LogP contribution in [-0.2, 0) is 0 Å². The van der Waals surface area contributed by atoms with Crippen molar-refractivity contribution >= 4 is 28.5 Å². The minimum absolute atomic E-state index is 0.192. The highest BCUT2D eigenvalue weighted by atomic mass is 35.5. The van der Waals surface area contributed by atoms with E-state index in [1.54, 1.807) is 0 Å². The van der Waals surface area contributed by atoms with E-state index in [4.69, 9.17) is 16.7 Å². The number of hydrogen-bond acceptors (Lipinski definition) is 3. The highest BCUT2D eigenvalue weighted by Crippen LogP contribution is 2.24. The lowest BCUT2D eigenvalue weighted by Gasteiger charge is -2.04. The van der Waals surface area contributed by atoms with E-state index in [1.165, 1.54) is 18.2 Å². The number of fused-ring (bicyclic) bond motifs is 1. The van der Waals surface area contributed by atoms with Crippen molar-refractivity contribution in [2.75, 3.05) is 0 Å². The lowest BCUT2D eigenvalue weighted by atomic mass is 10.1. The Labute approximate surface area is 93.9 Å². The number of aromatic carboxylic acids is 1. The second-order valence-corrected chi connectivity index (χ2v) is 3.61. The molecule has 0 aliphatic rings. The average Bonchev–Trinajstić information content (AvgIpc) is 2.20. The number of aromatic amines is 1. The first-order valence-electron chi connectivity index (χ1n) is 4.28. The molecule has 0 aliphatic heterocycles. The van der Waals surface area contributed by atoms with Crippen LogP contribution in [0.5, 0.6) is 5.75 Å². The maximum atomic E-state index is 11.2. The zero-order valence-corrected chi connectivity index (χ0v) is 8.58. The molecule has 0 fully saturated rings. The first kappa shape index (κ1) is 10.5. The summed E-state index contributed by atoms with van der Waals surface area (Å²) in [7, 11) is 0. The van der Waals surface area contributed by atoms with Gasteiger partial charge in [0.15, 0.2) is 5.75 Å². The number of carbonyl (C=O) groups is 1.